The van der Waals surface area contributed by atoms with Gasteiger partial charge in [0.05, 0.1) is 10.6 Å². The third kappa shape index (κ3) is 4.18. The largest absolute Gasteiger partial charge is 0.421 e. The molecule has 0 saturated heterocycles. The highest BCUT2D eigenvalue weighted by Gasteiger charge is 2.13. The van der Waals surface area contributed by atoms with Gasteiger partial charge in [0.1, 0.15) is 0 Å². The van der Waals surface area contributed by atoms with Gasteiger partial charge in [-0.05, 0) is 23.8 Å². The Labute approximate surface area is 131 Å². The molecule has 0 bridgehead atoms. The Hall–Kier alpha value is -2.10. The van der Waals surface area contributed by atoms with E-state index in [9.17, 15) is 9.59 Å². The zero-order valence-corrected chi connectivity index (χ0v) is 12.3. The van der Waals surface area contributed by atoms with Crippen molar-refractivity contribution in [2.75, 3.05) is 0 Å². The zero-order valence-electron chi connectivity index (χ0n) is 10.8. The predicted octanol–water partition coefficient (Wildman–Crippen LogP) is 4.42. The van der Waals surface area contributed by atoms with Gasteiger partial charge in [-0.2, -0.15) is 0 Å². The molecule has 5 heteroatoms. The van der Waals surface area contributed by atoms with Gasteiger partial charge in [-0.25, -0.2) is 4.79 Å². The number of esters is 1. The summed E-state index contributed by atoms with van der Waals surface area (Å²) in [7, 11) is 0. The van der Waals surface area contributed by atoms with Gasteiger partial charge in [-0.3, -0.25) is 4.79 Å². The van der Waals surface area contributed by atoms with E-state index in [1.807, 2.05) is 30.3 Å². The van der Waals surface area contributed by atoms with Crippen LogP contribution in [0.4, 0.5) is 0 Å². The van der Waals surface area contributed by atoms with Crippen LogP contribution in [-0.2, 0) is 4.79 Å². The predicted molar refractivity (Wildman–Crippen MR) is 83.0 cm³/mol. The fourth-order valence-corrected chi connectivity index (χ4v) is 2.19. The zero-order chi connectivity index (χ0) is 15.2. The maximum absolute atomic E-state index is 11.8. The smallest absolute Gasteiger partial charge is 0.336 e. The Morgan fingerprint density at radius 1 is 1.10 bits per heavy atom. The number of hydrogen-bond donors (Lipinski definition) is 0. The number of halogens is 2. The number of carbonyl (C=O) groups excluding carboxylic acids is 2. The van der Waals surface area contributed by atoms with Crippen LogP contribution in [-0.4, -0.2) is 12.3 Å². The van der Waals surface area contributed by atoms with Crippen LogP contribution in [0.2, 0.25) is 10.0 Å². The topological polar surface area (TPSA) is 43.4 Å². The molecule has 0 N–H and O–H groups in total. The minimum absolute atomic E-state index is 0.00113. The number of rotatable bonds is 4. The fraction of sp³-hybridized carbons (Fsp3) is 0. The molecular formula is C16H10Cl2O3. The molecule has 0 radical (unpaired) electrons. The quantitative estimate of drug-likeness (QED) is 0.362. The maximum atomic E-state index is 11.8. The van der Waals surface area contributed by atoms with E-state index in [2.05, 4.69) is 0 Å². The molecule has 0 amide bonds. The fourth-order valence-electron chi connectivity index (χ4n) is 1.64. The summed E-state index contributed by atoms with van der Waals surface area (Å²) in [6.07, 6.45) is 3.39. The van der Waals surface area contributed by atoms with Gasteiger partial charge >= 0.3 is 5.97 Å². The second-order valence-corrected chi connectivity index (χ2v) is 4.93. The average Bonchev–Trinajstić information content (AvgIpc) is 2.48. The summed E-state index contributed by atoms with van der Waals surface area (Å²) in [5.41, 5.74) is 0.973. The van der Waals surface area contributed by atoms with Crippen molar-refractivity contribution in [1.82, 2.24) is 0 Å². The normalized spacial score (nSPS) is 10.6. The van der Waals surface area contributed by atoms with E-state index in [4.69, 9.17) is 27.9 Å². The summed E-state index contributed by atoms with van der Waals surface area (Å²) in [5.74, 6) is -0.634. The number of ether oxygens (including phenoxy) is 1. The summed E-state index contributed by atoms with van der Waals surface area (Å²) in [5, 5.41) is 0.396. The summed E-state index contributed by atoms with van der Waals surface area (Å²) in [4.78, 5) is 22.7. The number of hydrogen-bond acceptors (Lipinski definition) is 3. The Kier molecular flexibility index (Phi) is 5.14. The lowest BCUT2D eigenvalue weighted by Gasteiger charge is -2.07. The third-order valence-corrected chi connectivity index (χ3v) is 3.08. The molecule has 0 heterocycles. The van der Waals surface area contributed by atoms with Crippen LogP contribution < -0.4 is 4.74 Å². The molecule has 3 nitrogen and oxygen atoms in total. The first-order chi connectivity index (χ1) is 10.1. The van der Waals surface area contributed by atoms with Crippen molar-refractivity contribution in [3.05, 3.63) is 69.7 Å². The van der Waals surface area contributed by atoms with Crippen molar-refractivity contribution < 1.29 is 14.3 Å². The standard InChI is InChI=1S/C16H10Cl2O3/c17-13-8-12(10-19)16(14(18)9-13)21-15(20)7-6-11-4-2-1-3-5-11/h1-10H. The van der Waals surface area contributed by atoms with Gasteiger partial charge in [0.25, 0.3) is 0 Å². The van der Waals surface area contributed by atoms with Crippen LogP contribution in [0.5, 0.6) is 5.75 Å². The molecule has 0 fully saturated rings. The van der Waals surface area contributed by atoms with Crippen LogP contribution in [0.3, 0.4) is 0 Å². The van der Waals surface area contributed by atoms with Crippen molar-refractivity contribution in [2.24, 2.45) is 0 Å². The molecule has 21 heavy (non-hydrogen) atoms. The third-order valence-electron chi connectivity index (χ3n) is 2.58. The van der Waals surface area contributed by atoms with E-state index in [1.165, 1.54) is 18.2 Å². The number of benzene rings is 2. The molecule has 0 unspecified atom stereocenters. The molecule has 0 aromatic heterocycles. The van der Waals surface area contributed by atoms with Crippen molar-refractivity contribution in [3.8, 4) is 5.75 Å². The van der Waals surface area contributed by atoms with Gasteiger partial charge in [-0.1, -0.05) is 53.5 Å². The Morgan fingerprint density at radius 2 is 1.81 bits per heavy atom. The van der Waals surface area contributed by atoms with E-state index >= 15 is 0 Å². The lowest BCUT2D eigenvalue weighted by molar-refractivity contribution is -0.128. The maximum Gasteiger partial charge on any atom is 0.336 e. The van der Waals surface area contributed by atoms with Crippen LogP contribution in [0.1, 0.15) is 15.9 Å². The van der Waals surface area contributed by atoms with Crippen molar-refractivity contribution in [1.29, 1.82) is 0 Å². The van der Waals surface area contributed by atoms with E-state index in [1.54, 1.807) is 6.08 Å². The summed E-state index contributed by atoms with van der Waals surface area (Å²) < 4.78 is 5.10. The molecule has 106 valence electrons. The molecule has 0 saturated carbocycles. The molecule has 2 aromatic carbocycles. The van der Waals surface area contributed by atoms with E-state index < -0.39 is 5.97 Å². The van der Waals surface area contributed by atoms with E-state index in [0.717, 1.165) is 5.56 Å². The number of aldehydes is 1. The molecule has 2 aromatic rings. The SMILES string of the molecule is O=Cc1cc(Cl)cc(Cl)c1OC(=O)C=Cc1ccccc1. The van der Waals surface area contributed by atoms with Crippen molar-refractivity contribution in [2.45, 2.75) is 0 Å². The monoisotopic (exact) mass is 320 g/mol. The van der Waals surface area contributed by atoms with Crippen LogP contribution in [0.25, 0.3) is 6.08 Å². The van der Waals surface area contributed by atoms with E-state index in [-0.39, 0.29) is 16.3 Å². The lowest BCUT2D eigenvalue weighted by atomic mass is 10.2. The second-order valence-electron chi connectivity index (χ2n) is 4.09. The minimum Gasteiger partial charge on any atom is -0.421 e. The highest BCUT2D eigenvalue weighted by atomic mass is 35.5. The number of carbonyl (C=O) groups is 2. The molecule has 0 aliphatic carbocycles. The summed E-state index contributed by atoms with van der Waals surface area (Å²) >= 11 is 11.7. The molecule has 0 atom stereocenters. The van der Waals surface area contributed by atoms with Crippen LogP contribution in [0.15, 0.2) is 48.5 Å². The van der Waals surface area contributed by atoms with E-state index in [0.29, 0.717) is 11.3 Å². The first-order valence-corrected chi connectivity index (χ1v) is 6.75. The highest BCUT2D eigenvalue weighted by molar-refractivity contribution is 6.36. The Bertz CT molecular complexity index is 694. The van der Waals surface area contributed by atoms with Crippen molar-refractivity contribution >= 4 is 41.5 Å². The molecule has 0 spiro atoms. The van der Waals surface area contributed by atoms with Crippen LogP contribution in [0, 0.1) is 0 Å². The molecular weight excluding hydrogens is 311 g/mol. The Balaban J connectivity index is 2.17. The second kappa shape index (κ2) is 7.07. The Morgan fingerprint density at radius 3 is 2.48 bits per heavy atom. The van der Waals surface area contributed by atoms with Gasteiger partial charge in [0.2, 0.25) is 0 Å². The highest BCUT2D eigenvalue weighted by Crippen LogP contribution is 2.31. The summed E-state index contributed by atoms with van der Waals surface area (Å²) in [6, 6.07) is 12.0. The molecule has 2 rings (SSSR count). The summed E-state index contributed by atoms with van der Waals surface area (Å²) in [6.45, 7) is 0. The molecule has 0 aliphatic heterocycles. The van der Waals surface area contributed by atoms with Crippen LogP contribution >= 0.6 is 23.2 Å². The molecule has 0 aliphatic rings. The average molecular weight is 321 g/mol. The van der Waals surface area contributed by atoms with Gasteiger partial charge in [0, 0.05) is 11.1 Å². The van der Waals surface area contributed by atoms with Gasteiger partial charge < -0.3 is 4.74 Å². The first-order valence-electron chi connectivity index (χ1n) is 5.99. The first kappa shape index (κ1) is 15.3. The minimum atomic E-state index is -0.633. The van der Waals surface area contributed by atoms with Crippen molar-refractivity contribution in [3.63, 3.8) is 0 Å². The lowest BCUT2D eigenvalue weighted by Crippen LogP contribution is -2.06. The van der Waals surface area contributed by atoms with Gasteiger partial charge in [0.15, 0.2) is 12.0 Å². The van der Waals surface area contributed by atoms with Gasteiger partial charge in [-0.15, -0.1) is 0 Å².